The van der Waals surface area contributed by atoms with Crippen LogP contribution in [0.5, 0.6) is 0 Å². The Morgan fingerprint density at radius 3 is 2.67 bits per heavy atom. The topological polar surface area (TPSA) is 24.5 Å². The number of hydrogen-bond acceptors (Lipinski definition) is 3. The predicted octanol–water partition coefficient (Wildman–Crippen LogP) is 2.51. The lowest BCUT2D eigenvalue weighted by Gasteiger charge is -2.45. The van der Waals surface area contributed by atoms with Gasteiger partial charge in [0.2, 0.25) is 0 Å². The highest BCUT2D eigenvalue weighted by molar-refractivity contribution is 4.94. The van der Waals surface area contributed by atoms with Crippen LogP contribution in [0, 0.1) is 5.92 Å². The molecule has 0 bridgehead atoms. The molecule has 1 N–H and O–H groups in total. The molecule has 0 aromatic rings. The zero-order chi connectivity index (χ0) is 13.6. The van der Waals surface area contributed by atoms with Gasteiger partial charge >= 0.3 is 0 Å². The Bertz CT molecular complexity index is 231. The molecule has 0 radical (unpaired) electrons. The van der Waals surface area contributed by atoms with E-state index in [1.165, 1.54) is 25.7 Å². The number of nitrogens with one attached hydrogen (secondary N) is 1. The standard InChI is InChI=1S/C15H32N2O/c1-13(2)18-10-9-16-12-15(17(4)5)8-6-7-14(3)11-15/h13-14,16H,6-12H2,1-5H3. The van der Waals surface area contributed by atoms with Gasteiger partial charge < -0.3 is 15.0 Å². The molecule has 0 heterocycles. The van der Waals surface area contributed by atoms with Crippen molar-refractivity contribution in [2.75, 3.05) is 33.8 Å². The van der Waals surface area contributed by atoms with Gasteiger partial charge in [0.1, 0.15) is 0 Å². The van der Waals surface area contributed by atoms with Gasteiger partial charge in [0.25, 0.3) is 0 Å². The summed E-state index contributed by atoms with van der Waals surface area (Å²) < 4.78 is 5.57. The Labute approximate surface area is 113 Å². The lowest BCUT2D eigenvalue weighted by Crippen LogP contribution is -2.54. The van der Waals surface area contributed by atoms with Crippen LogP contribution in [0.1, 0.15) is 46.5 Å². The molecular weight excluding hydrogens is 224 g/mol. The summed E-state index contributed by atoms with van der Waals surface area (Å²) in [4.78, 5) is 2.43. The molecule has 1 rings (SSSR count). The quantitative estimate of drug-likeness (QED) is 0.708. The van der Waals surface area contributed by atoms with Crippen molar-refractivity contribution in [3.05, 3.63) is 0 Å². The van der Waals surface area contributed by atoms with Gasteiger partial charge in [-0.05, 0) is 46.7 Å². The molecule has 1 saturated carbocycles. The van der Waals surface area contributed by atoms with Crippen LogP contribution < -0.4 is 5.32 Å². The summed E-state index contributed by atoms with van der Waals surface area (Å²) in [5.74, 6) is 0.856. The van der Waals surface area contributed by atoms with E-state index in [0.717, 1.165) is 25.6 Å². The SMILES string of the molecule is CC1CCCC(CNCCOC(C)C)(N(C)C)C1. The molecule has 0 aromatic heterocycles. The lowest BCUT2D eigenvalue weighted by molar-refractivity contribution is 0.0608. The third kappa shape index (κ3) is 4.87. The van der Waals surface area contributed by atoms with Gasteiger partial charge in [-0.1, -0.05) is 19.8 Å². The van der Waals surface area contributed by atoms with Crippen LogP contribution in [0.3, 0.4) is 0 Å². The van der Waals surface area contributed by atoms with Gasteiger partial charge in [0.15, 0.2) is 0 Å². The highest BCUT2D eigenvalue weighted by Gasteiger charge is 2.36. The van der Waals surface area contributed by atoms with E-state index in [9.17, 15) is 0 Å². The summed E-state index contributed by atoms with van der Waals surface area (Å²) in [6.45, 7) is 9.43. The lowest BCUT2D eigenvalue weighted by atomic mass is 9.75. The van der Waals surface area contributed by atoms with E-state index in [-0.39, 0.29) is 0 Å². The van der Waals surface area contributed by atoms with Crippen LogP contribution in [-0.2, 0) is 4.74 Å². The highest BCUT2D eigenvalue weighted by atomic mass is 16.5. The molecule has 1 aliphatic rings. The molecule has 0 aromatic carbocycles. The molecule has 3 nitrogen and oxygen atoms in total. The Balaban J connectivity index is 2.34. The molecule has 3 heteroatoms. The van der Waals surface area contributed by atoms with E-state index < -0.39 is 0 Å². The molecule has 18 heavy (non-hydrogen) atoms. The summed E-state index contributed by atoms with van der Waals surface area (Å²) >= 11 is 0. The normalized spacial score (nSPS) is 29.2. The number of nitrogens with zero attached hydrogens (tertiary/aromatic N) is 1. The van der Waals surface area contributed by atoms with Gasteiger partial charge in [-0.3, -0.25) is 0 Å². The molecule has 108 valence electrons. The third-order valence-electron chi connectivity index (χ3n) is 4.20. The monoisotopic (exact) mass is 256 g/mol. The molecule has 1 fully saturated rings. The number of likely N-dealkylation sites (N-methyl/N-ethyl adjacent to an activating group) is 1. The molecule has 1 aliphatic carbocycles. The zero-order valence-corrected chi connectivity index (χ0v) is 13.0. The van der Waals surface area contributed by atoms with E-state index >= 15 is 0 Å². The Morgan fingerprint density at radius 1 is 1.39 bits per heavy atom. The minimum atomic E-state index is 0.337. The molecule has 0 spiro atoms. The maximum atomic E-state index is 5.57. The van der Waals surface area contributed by atoms with Crippen LogP contribution >= 0.6 is 0 Å². The molecule has 0 saturated heterocycles. The third-order valence-corrected chi connectivity index (χ3v) is 4.20. The number of ether oxygens (including phenoxy) is 1. The van der Waals surface area contributed by atoms with E-state index in [1.807, 2.05) is 0 Å². The fourth-order valence-corrected chi connectivity index (χ4v) is 3.05. The summed E-state index contributed by atoms with van der Waals surface area (Å²) in [5.41, 5.74) is 0.357. The highest BCUT2D eigenvalue weighted by Crippen LogP contribution is 2.35. The van der Waals surface area contributed by atoms with Crippen molar-refractivity contribution in [2.24, 2.45) is 5.92 Å². The van der Waals surface area contributed by atoms with Crippen molar-refractivity contribution in [3.8, 4) is 0 Å². The Kier molecular flexibility index (Phi) is 6.61. The molecule has 0 aliphatic heterocycles. The van der Waals surface area contributed by atoms with Crippen LogP contribution in [0.15, 0.2) is 0 Å². The van der Waals surface area contributed by atoms with Gasteiger partial charge in [-0.25, -0.2) is 0 Å². The molecular formula is C15H32N2O. The van der Waals surface area contributed by atoms with Crippen molar-refractivity contribution in [1.82, 2.24) is 10.2 Å². The van der Waals surface area contributed by atoms with E-state index in [2.05, 4.69) is 45.1 Å². The van der Waals surface area contributed by atoms with Crippen LogP contribution in [-0.4, -0.2) is 50.3 Å². The zero-order valence-electron chi connectivity index (χ0n) is 13.0. The van der Waals surface area contributed by atoms with Crippen LogP contribution in [0.2, 0.25) is 0 Å². The summed E-state index contributed by atoms with van der Waals surface area (Å²) in [7, 11) is 4.45. The van der Waals surface area contributed by atoms with Gasteiger partial charge in [-0.2, -0.15) is 0 Å². The smallest absolute Gasteiger partial charge is 0.0594 e. The predicted molar refractivity (Wildman–Crippen MR) is 78.0 cm³/mol. The first-order valence-corrected chi connectivity index (χ1v) is 7.46. The molecule has 2 unspecified atom stereocenters. The van der Waals surface area contributed by atoms with E-state index in [0.29, 0.717) is 11.6 Å². The second kappa shape index (κ2) is 7.46. The molecule has 2 atom stereocenters. The minimum absolute atomic E-state index is 0.337. The van der Waals surface area contributed by atoms with E-state index in [4.69, 9.17) is 4.74 Å². The van der Waals surface area contributed by atoms with Crippen molar-refractivity contribution < 1.29 is 4.74 Å². The number of hydrogen-bond donors (Lipinski definition) is 1. The van der Waals surface area contributed by atoms with Crippen molar-refractivity contribution in [1.29, 1.82) is 0 Å². The first-order chi connectivity index (χ1) is 8.46. The van der Waals surface area contributed by atoms with Gasteiger partial charge in [0.05, 0.1) is 12.7 Å². The first-order valence-electron chi connectivity index (χ1n) is 7.46. The summed E-state index contributed by atoms with van der Waals surface area (Å²) in [5, 5.41) is 3.59. The van der Waals surface area contributed by atoms with Crippen molar-refractivity contribution in [3.63, 3.8) is 0 Å². The second-order valence-corrected chi connectivity index (χ2v) is 6.42. The van der Waals surface area contributed by atoms with Crippen molar-refractivity contribution >= 4 is 0 Å². The summed E-state index contributed by atoms with van der Waals surface area (Å²) in [6, 6.07) is 0. The number of rotatable bonds is 7. The van der Waals surface area contributed by atoms with Crippen LogP contribution in [0.4, 0.5) is 0 Å². The largest absolute Gasteiger partial charge is 0.377 e. The average Bonchev–Trinajstić information content (AvgIpc) is 2.28. The Morgan fingerprint density at radius 2 is 2.11 bits per heavy atom. The molecule has 0 amide bonds. The van der Waals surface area contributed by atoms with Gasteiger partial charge in [-0.15, -0.1) is 0 Å². The van der Waals surface area contributed by atoms with Gasteiger partial charge in [0, 0.05) is 18.6 Å². The first kappa shape index (κ1) is 15.9. The fourth-order valence-electron chi connectivity index (χ4n) is 3.05. The maximum Gasteiger partial charge on any atom is 0.0594 e. The average molecular weight is 256 g/mol. The second-order valence-electron chi connectivity index (χ2n) is 6.42. The van der Waals surface area contributed by atoms with Crippen molar-refractivity contribution in [2.45, 2.75) is 58.1 Å². The Hall–Kier alpha value is -0.120. The van der Waals surface area contributed by atoms with E-state index in [1.54, 1.807) is 0 Å². The summed E-state index contributed by atoms with van der Waals surface area (Å²) in [6.07, 6.45) is 5.74. The fraction of sp³-hybridized carbons (Fsp3) is 1.00. The van der Waals surface area contributed by atoms with Crippen LogP contribution in [0.25, 0.3) is 0 Å². The minimum Gasteiger partial charge on any atom is -0.377 e. The maximum absolute atomic E-state index is 5.57.